The van der Waals surface area contributed by atoms with Gasteiger partial charge in [0.15, 0.2) is 0 Å². The number of carbonyl (C=O) groups excluding carboxylic acids is 1. The number of aliphatic hydroxyl groups excluding tert-OH is 2. The zero-order valence-corrected chi connectivity index (χ0v) is 37.7. The molecule has 3 N–H and O–H groups in total. The van der Waals surface area contributed by atoms with E-state index < -0.39 is 32.1 Å². The van der Waals surface area contributed by atoms with Gasteiger partial charge in [-0.25, -0.2) is 4.57 Å². The number of quaternary nitrogens is 1. The molecule has 0 aromatic heterocycles. The van der Waals surface area contributed by atoms with Gasteiger partial charge < -0.3 is 29.1 Å². The smallest absolute Gasteiger partial charge is 0.457 e. The predicted octanol–water partition coefficient (Wildman–Crippen LogP) is 10.9. The molecule has 0 saturated heterocycles. The van der Waals surface area contributed by atoms with Crippen molar-refractivity contribution in [2.24, 2.45) is 0 Å². The zero-order chi connectivity index (χ0) is 42.3. The number of phosphoric acid groups is 1. The number of allylic oxidation sites excluding steroid dienone is 7. The molecule has 10 nitrogen and oxygen atoms in total. The largest absolute Gasteiger partial charge is 0.472 e. The summed E-state index contributed by atoms with van der Waals surface area (Å²) in [5.41, 5.74) is 0. The molecule has 0 fully saturated rings. The molecule has 4 atom stereocenters. The number of aliphatic hydroxyl groups is 2. The fraction of sp³-hybridized carbons (Fsp3) is 0.761. The monoisotopic (exact) mass is 827 g/mol. The van der Waals surface area contributed by atoms with Crippen LogP contribution in [0.4, 0.5) is 0 Å². The summed E-state index contributed by atoms with van der Waals surface area (Å²) < 4.78 is 34.8. The summed E-state index contributed by atoms with van der Waals surface area (Å²) in [5.74, 6) is -0.500. The molecule has 0 saturated carbocycles. The molecule has 4 unspecified atom stereocenters. The van der Waals surface area contributed by atoms with E-state index in [1.165, 1.54) is 83.5 Å². The maximum absolute atomic E-state index is 12.7. The Morgan fingerprint density at radius 1 is 0.649 bits per heavy atom. The molecule has 0 aromatic rings. The lowest BCUT2D eigenvalue weighted by Crippen LogP contribution is -2.37. The highest BCUT2D eigenvalue weighted by Crippen LogP contribution is 2.43. The van der Waals surface area contributed by atoms with Gasteiger partial charge in [0.1, 0.15) is 19.3 Å². The Bertz CT molecular complexity index is 1130. The molecular weight excluding hydrogens is 741 g/mol. The minimum Gasteiger partial charge on any atom is -0.457 e. The minimum atomic E-state index is -4.35. The number of unbranched alkanes of at least 4 members (excludes halogenated alkanes) is 15. The van der Waals surface area contributed by atoms with Crippen molar-refractivity contribution in [3.05, 3.63) is 60.8 Å². The normalized spacial score (nSPS) is 15.4. The maximum atomic E-state index is 12.7. The number of likely N-dealkylation sites (N-methyl/N-ethyl adjacent to an activating group) is 1. The van der Waals surface area contributed by atoms with Gasteiger partial charge in [0.25, 0.3) is 0 Å². The van der Waals surface area contributed by atoms with Crippen LogP contribution in [0.3, 0.4) is 0 Å². The first-order chi connectivity index (χ1) is 27.4. The molecule has 332 valence electrons. The van der Waals surface area contributed by atoms with E-state index in [0.717, 1.165) is 32.1 Å². The second-order valence-electron chi connectivity index (χ2n) is 16.1. The summed E-state index contributed by atoms with van der Waals surface area (Å²) >= 11 is 0. The molecule has 57 heavy (non-hydrogen) atoms. The van der Waals surface area contributed by atoms with Crippen molar-refractivity contribution in [3.63, 3.8) is 0 Å². The molecule has 0 heterocycles. The molecule has 0 aromatic carbocycles. The molecule has 0 amide bonds. The predicted molar refractivity (Wildman–Crippen MR) is 236 cm³/mol. The summed E-state index contributed by atoms with van der Waals surface area (Å²) in [6, 6.07) is 0. The van der Waals surface area contributed by atoms with Gasteiger partial charge in [0.2, 0.25) is 0 Å². The Morgan fingerprint density at radius 2 is 1.19 bits per heavy atom. The summed E-state index contributed by atoms with van der Waals surface area (Å²) in [6.45, 7) is 5.13. The summed E-state index contributed by atoms with van der Waals surface area (Å²) in [6.07, 6.45) is 40.3. The van der Waals surface area contributed by atoms with Gasteiger partial charge in [0, 0.05) is 13.0 Å². The van der Waals surface area contributed by atoms with Gasteiger partial charge >= 0.3 is 13.8 Å². The highest BCUT2D eigenvalue weighted by atomic mass is 31.2. The van der Waals surface area contributed by atoms with Crippen LogP contribution >= 0.6 is 7.82 Å². The van der Waals surface area contributed by atoms with Crippen LogP contribution in [0.25, 0.3) is 0 Å². The van der Waals surface area contributed by atoms with E-state index in [0.29, 0.717) is 36.9 Å². The quantitative estimate of drug-likeness (QED) is 0.0138. The third-order valence-corrected chi connectivity index (χ3v) is 10.3. The number of phosphoric ester groups is 1. The zero-order valence-electron chi connectivity index (χ0n) is 36.8. The summed E-state index contributed by atoms with van der Waals surface area (Å²) in [7, 11) is 1.51. The summed E-state index contributed by atoms with van der Waals surface area (Å²) in [5, 5.41) is 20.4. The van der Waals surface area contributed by atoms with Crippen molar-refractivity contribution in [1.29, 1.82) is 0 Å². The van der Waals surface area contributed by atoms with E-state index in [-0.39, 0.29) is 26.2 Å². The second kappa shape index (κ2) is 38.3. The molecule has 0 bridgehead atoms. The van der Waals surface area contributed by atoms with E-state index in [2.05, 4.69) is 26.0 Å². The number of hydrogen-bond donors (Lipinski definition) is 3. The average Bonchev–Trinajstić information content (AvgIpc) is 3.15. The standard InChI is InChI=1S/C46H84NO9P/c1-6-8-10-12-14-15-16-17-18-19-20-21-22-23-27-31-39-53-41-45(42-55-57(51,52)54-40-38-47(3,4)5)56-46(50)37-32-36-44(49)35-30-26-25-29-34-43(48)33-28-24-13-11-9-7-2/h9,11,24-26,28-30,34-35,43-45,48-49H,6-8,10,12-23,27,31-33,36-42H2,1-5H3/p+1/b11-9-,26-25-,28-24-,34-29+,35-30+. The first kappa shape index (κ1) is 55.1. The van der Waals surface area contributed by atoms with Gasteiger partial charge in [-0.15, -0.1) is 0 Å². The number of esters is 1. The van der Waals surface area contributed by atoms with Crippen LogP contribution in [0.1, 0.15) is 155 Å². The minimum absolute atomic E-state index is 0.0410. The molecule has 11 heteroatoms. The van der Waals surface area contributed by atoms with Crippen LogP contribution in [0.2, 0.25) is 0 Å². The molecule has 0 spiro atoms. The lowest BCUT2D eigenvalue weighted by atomic mass is 10.0. The molecule has 0 rings (SSSR count). The Morgan fingerprint density at radius 3 is 1.75 bits per heavy atom. The van der Waals surface area contributed by atoms with E-state index >= 15 is 0 Å². The summed E-state index contributed by atoms with van der Waals surface area (Å²) in [4.78, 5) is 22.9. The van der Waals surface area contributed by atoms with Gasteiger partial charge in [-0.2, -0.15) is 0 Å². The van der Waals surface area contributed by atoms with Crippen LogP contribution in [-0.2, 0) is 27.9 Å². The lowest BCUT2D eigenvalue weighted by molar-refractivity contribution is -0.870. The molecule has 0 aliphatic heterocycles. The highest BCUT2D eigenvalue weighted by molar-refractivity contribution is 7.47. The first-order valence-corrected chi connectivity index (χ1v) is 23.7. The van der Waals surface area contributed by atoms with Crippen molar-refractivity contribution < 1.29 is 47.5 Å². The van der Waals surface area contributed by atoms with E-state index in [1.54, 1.807) is 36.5 Å². The van der Waals surface area contributed by atoms with Crippen LogP contribution in [0.15, 0.2) is 60.8 Å². The fourth-order valence-electron chi connectivity index (χ4n) is 5.79. The fourth-order valence-corrected chi connectivity index (χ4v) is 6.53. The van der Waals surface area contributed by atoms with Crippen molar-refractivity contribution in [3.8, 4) is 0 Å². The first-order valence-electron chi connectivity index (χ1n) is 22.3. The van der Waals surface area contributed by atoms with E-state index in [4.69, 9.17) is 18.5 Å². The molecule has 0 aliphatic carbocycles. The van der Waals surface area contributed by atoms with Gasteiger partial charge in [0.05, 0.1) is 46.6 Å². The van der Waals surface area contributed by atoms with Crippen molar-refractivity contribution >= 4 is 13.8 Å². The average molecular weight is 827 g/mol. The second-order valence-corrected chi connectivity index (χ2v) is 17.6. The van der Waals surface area contributed by atoms with Crippen molar-refractivity contribution in [1.82, 2.24) is 0 Å². The number of rotatable bonds is 40. The molecule has 0 radical (unpaired) electrons. The van der Waals surface area contributed by atoms with Gasteiger partial charge in [-0.05, 0) is 38.5 Å². The van der Waals surface area contributed by atoms with Crippen molar-refractivity contribution in [2.75, 3.05) is 54.1 Å². The number of hydrogen-bond acceptors (Lipinski definition) is 8. The topological polar surface area (TPSA) is 132 Å². The Kier molecular flexibility index (Phi) is 37.1. The van der Waals surface area contributed by atoms with Crippen LogP contribution in [0, 0.1) is 0 Å². The third-order valence-electron chi connectivity index (χ3n) is 9.28. The van der Waals surface area contributed by atoms with Crippen LogP contribution in [0.5, 0.6) is 0 Å². The van der Waals surface area contributed by atoms with Gasteiger partial charge in [-0.3, -0.25) is 13.8 Å². The van der Waals surface area contributed by atoms with Crippen LogP contribution in [-0.4, -0.2) is 98.0 Å². The van der Waals surface area contributed by atoms with Gasteiger partial charge in [-0.1, -0.05) is 171 Å². The Hall–Kier alpha value is -1.88. The van der Waals surface area contributed by atoms with Crippen LogP contribution < -0.4 is 0 Å². The highest BCUT2D eigenvalue weighted by Gasteiger charge is 2.26. The van der Waals surface area contributed by atoms with E-state index in [1.807, 2.05) is 33.3 Å². The maximum Gasteiger partial charge on any atom is 0.472 e. The number of carbonyl (C=O) groups is 1. The third kappa shape index (κ3) is 42.1. The van der Waals surface area contributed by atoms with E-state index in [9.17, 15) is 24.5 Å². The molecular formula is C46H85NO9P+. The SMILES string of the molecule is CC/C=C\C/C=C\CC(O)/C=C/C=C\C=C\C(O)CCCC(=O)OC(COCCCCCCCCCCCCCCCCCC)COP(=O)(O)OCC[N+](C)(C)C. The van der Waals surface area contributed by atoms with Crippen molar-refractivity contribution in [2.45, 2.75) is 173 Å². The molecule has 0 aliphatic rings. The Balaban J connectivity index is 4.50. The number of nitrogens with zero attached hydrogens (tertiary/aromatic N) is 1. The lowest BCUT2D eigenvalue weighted by Gasteiger charge is -2.24. The Labute approximate surface area is 348 Å². The number of ether oxygens (including phenoxy) is 2.